The van der Waals surface area contributed by atoms with Crippen LogP contribution in [-0.4, -0.2) is 11.0 Å². The molecule has 0 bridgehead atoms. The molecular weight excluding hydrogens is 261 g/mol. The summed E-state index contributed by atoms with van der Waals surface area (Å²) in [5.74, 6) is -0.0238. The van der Waals surface area contributed by atoms with E-state index in [4.69, 9.17) is 4.74 Å². The number of aromatic nitrogens is 1. The average Bonchev–Trinajstić information content (AvgIpc) is 2.45. The third kappa shape index (κ3) is 3.30. The number of nitrogens with zero attached hydrogens (tertiary/aromatic N) is 1. The van der Waals surface area contributed by atoms with Gasteiger partial charge in [-0.25, -0.2) is 4.79 Å². The molecule has 0 saturated carbocycles. The van der Waals surface area contributed by atoms with Crippen LogP contribution in [-0.2, 0) is 11.1 Å². The third-order valence-corrected chi connectivity index (χ3v) is 2.86. The fourth-order valence-corrected chi connectivity index (χ4v) is 1.82. The largest absolute Gasteiger partial charge is 0.486 e. The highest BCUT2D eigenvalue weighted by Crippen LogP contribution is 2.23. The molecule has 0 N–H and O–H groups in total. The second kappa shape index (κ2) is 6.30. The zero-order valence-electron chi connectivity index (χ0n) is 10.5. The van der Waals surface area contributed by atoms with Gasteiger partial charge in [-0.2, -0.15) is 0 Å². The summed E-state index contributed by atoms with van der Waals surface area (Å²) >= 11 is 0. The van der Waals surface area contributed by atoms with Crippen LogP contribution in [0.2, 0.25) is 0 Å². The van der Waals surface area contributed by atoms with Crippen LogP contribution in [0.1, 0.15) is 21.5 Å². The molecule has 0 spiro atoms. The summed E-state index contributed by atoms with van der Waals surface area (Å²) in [5.41, 5.74) is 2.15. The minimum Gasteiger partial charge on any atom is -0.486 e. The van der Waals surface area contributed by atoms with Gasteiger partial charge in [0, 0.05) is 6.20 Å². The first kappa shape index (κ1) is 13.5. The number of rotatable bonds is 4. The van der Waals surface area contributed by atoms with Crippen LogP contribution in [0.4, 0.5) is 0 Å². The lowest BCUT2D eigenvalue weighted by atomic mass is 10.1. The van der Waals surface area contributed by atoms with Crippen LogP contribution < -0.4 is 4.74 Å². The number of benzene rings is 1. The minimum atomic E-state index is -0.451. The van der Waals surface area contributed by atoms with Crippen molar-refractivity contribution in [3.63, 3.8) is 0 Å². The minimum absolute atomic E-state index is 0.378. The summed E-state index contributed by atoms with van der Waals surface area (Å²) in [6, 6.07) is 9.72. The molecule has 4 nitrogen and oxygen atoms in total. The van der Waals surface area contributed by atoms with Crippen molar-refractivity contribution >= 4 is 15.4 Å². The number of hydrogen-bond donors (Lipinski definition) is 0. The molecule has 2 aromatic rings. The Hall–Kier alpha value is -1.93. The van der Waals surface area contributed by atoms with E-state index in [2.05, 4.69) is 9.51 Å². The van der Waals surface area contributed by atoms with E-state index in [1.54, 1.807) is 13.1 Å². The highest BCUT2D eigenvalue weighted by molar-refractivity contribution is 7.10. The third-order valence-electron chi connectivity index (χ3n) is 2.65. The van der Waals surface area contributed by atoms with Crippen molar-refractivity contribution in [1.82, 2.24) is 4.98 Å². The Balaban J connectivity index is 2.21. The molecule has 1 aromatic heterocycles. The molecule has 0 radical (unpaired) electrons. The van der Waals surface area contributed by atoms with Gasteiger partial charge >= 0.3 is 5.97 Å². The number of carbonyl (C=O) groups is 1. The van der Waals surface area contributed by atoms with Gasteiger partial charge in [-0.05, 0) is 18.1 Å². The van der Waals surface area contributed by atoms with E-state index in [0.29, 0.717) is 17.9 Å². The fourth-order valence-electron chi connectivity index (χ4n) is 1.71. The SMILES string of the molecule is Cc1cncc(OCc2ccccc2)c1C(=O)OP. The van der Waals surface area contributed by atoms with Crippen molar-refractivity contribution in [2.75, 3.05) is 0 Å². The Morgan fingerprint density at radius 3 is 2.68 bits per heavy atom. The Morgan fingerprint density at radius 1 is 1.26 bits per heavy atom. The van der Waals surface area contributed by atoms with E-state index in [0.717, 1.165) is 11.1 Å². The van der Waals surface area contributed by atoms with E-state index in [-0.39, 0.29) is 0 Å². The van der Waals surface area contributed by atoms with Gasteiger partial charge in [-0.1, -0.05) is 30.3 Å². The first-order valence-corrected chi connectivity index (χ1v) is 6.22. The summed E-state index contributed by atoms with van der Waals surface area (Å²) in [6.07, 6.45) is 3.12. The van der Waals surface area contributed by atoms with E-state index in [1.165, 1.54) is 6.20 Å². The molecule has 1 heterocycles. The van der Waals surface area contributed by atoms with Gasteiger partial charge in [0.25, 0.3) is 0 Å². The summed E-state index contributed by atoms with van der Waals surface area (Å²) in [4.78, 5) is 15.7. The van der Waals surface area contributed by atoms with Crippen LogP contribution in [0.5, 0.6) is 5.75 Å². The summed E-state index contributed by atoms with van der Waals surface area (Å²) in [7, 11) is 1.95. The molecule has 98 valence electrons. The molecule has 0 aliphatic heterocycles. The van der Waals surface area contributed by atoms with E-state index >= 15 is 0 Å². The van der Waals surface area contributed by atoms with Crippen molar-refractivity contribution in [3.8, 4) is 5.75 Å². The molecule has 0 aliphatic rings. The van der Waals surface area contributed by atoms with Gasteiger partial charge in [-0.15, -0.1) is 0 Å². The standard InChI is InChI=1S/C14H14NO3P/c1-10-7-15-8-12(13(10)14(16)18-19)17-9-11-5-3-2-4-6-11/h2-8H,9,19H2,1H3. The summed E-state index contributed by atoms with van der Waals surface area (Å²) in [6.45, 7) is 2.17. The lowest BCUT2D eigenvalue weighted by Gasteiger charge is -2.11. The highest BCUT2D eigenvalue weighted by Gasteiger charge is 2.16. The van der Waals surface area contributed by atoms with Crippen LogP contribution >= 0.6 is 9.47 Å². The molecule has 19 heavy (non-hydrogen) atoms. The predicted octanol–water partition coefficient (Wildman–Crippen LogP) is 2.92. The molecule has 1 aromatic carbocycles. The zero-order valence-corrected chi connectivity index (χ0v) is 11.7. The van der Waals surface area contributed by atoms with Gasteiger partial charge in [0.2, 0.25) is 0 Å². The van der Waals surface area contributed by atoms with Crippen molar-refractivity contribution in [2.45, 2.75) is 13.5 Å². The van der Waals surface area contributed by atoms with Gasteiger partial charge in [0.1, 0.15) is 12.2 Å². The smallest absolute Gasteiger partial charge is 0.344 e. The molecular formula is C14H14NO3P. The quantitative estimate of drug-likeness (QED) is 0.805. The molecule has 0 saturated heterocycles. The van der Waals surface area contributed by atoms with E-state index in [9.17, 15) is 4.79 Å². The Labute approximate surface area is 114 Å². The molecule has 0 aliphatic carbocycles. The Morgan fingerprint density at radius 2 is 2.00 bits per heavy atom. The summed E-state index contributed by atoms with van der Waals surface area (Å²) < 4.78 is 10.3. The highest BCUT2D eigenvalue weighted by atomic mass is 31.0. The maximum Gasteiger partial charge on any atom is 0.344 e. The number of aryl methyl sites for hydroxylation is 1. The molecule has 5 heteroatoms. The van der Waals surface area contributed by atoms with Crippen molar-refractivity contribution in [1.29, 1.82) is 0 Å². The van der Waals surface area contributed by atoms with Crippen LogP contribution in [0.3, 0.4) is 0 Å². The molecule has 1 unspecified atom stereocenters. The lowest BCUT2D eigenvalue weighted by Crippen LogP contribution is -2.07. The molecule has 2 rings (SSSR count). The van der Waals surface area contributed by atoms with Crippen molar-refractivity contribution in [2.24, 2.45) is 0 Å². The zero-order chi connectivity index (χ0) is 13.7. The van der Waals surface area contributed by atoms with Gasteiger partial charge in [0.15, 0.2) is 5.75 Å². The van der Waals surface area contributed by atoms with Crippen molar-refractivity contribution in [3.05, 3.63) is 59.4 Å². The van der Waals surface area contributed by atoms with Gasteiger partial charge in [-0.3, -0.25) is 4.98 Å². The Bertz CT molecular complexity index is 572. The van der Waals surface area contributed by atoms with Crippen molar-refractivity contribution < 1.29 is 14.1 Å². The maximum absolute atomic E-state index is 11.7. The lowest BCUT2D eigenvalue weighted by molar-refractivity contribution is 0.0759. The van der Waals surface area contributed by atoms with E-state index < -0.39 is 5.97 Å². The molecule has 0 fully saturated rings. The normalized spacial score (nSPS) is 10.0. The number of ether oxygens (including phenoxy) is 1. The van der Waals surface area contributed by atoms with Crippen LogP contribution in [0, 0.1) is 6.92 Å². The number of hydrogen-bond acceptors (Lipinski definition) is 4. The molecule has 1 atom stereocenters. The maximum atomic E-state index is 11.7. The van der Waals surface area contributed by atoms with Gasteiger partial charge < -0.3 is 9.26 Å². The number of carbonyl (C=O) groups excluding carboxylic acids is 1. The average molecular weight is 275 g/mol. The second-order valence-corrected chi connectivity index (χ2v) is 4.24. The fraction of sp³-hybridized carbons (Fsp3) is 0.143. The first-order valence-electron chi connectivity index (χ1n) is 5.74. The monoisotopic (exact) mass is 275 g/mol. The topological polar surface area (TPSA) is 48.4 Å². The van der Waals surface area contributed by atoms with Crippen LogP contribution in [0.15, 0.2) is 42.7 Å². The van der Waals surface area contributed by atoms with Crippen LogP contribution in [0.25, 0.3) is 0 Å². The Kier molecular flexibility index (Phi) is 4.48. The predicted molar refractivity (Wildman–Crippen MR) is 74.9 cm³/mol. The van der Waals surface area contributed by atoms with Gasteiger partial charge in [0.05, 0.1) is 15.7 Å². The first-order chi connectivity index (χ1) is 9.22. The number of pyridine rings is 1. The second-order valence-electron chi connectivity index (χ2n) is 4.01. The summed E-state index contributed by atoms with van der Waals surface area (Å²) in [5, 5.41) is 0. The molecule has 0 amide bonds. The van der Waals surface area contributed by atoms with E-state index in [1.807, 2.05) is 39.8 Å².